The fourth-order valence-electron chi connectivity index (χ4n) is 4.78. The first-order chi connectivity index (χ1) is 16.4. The lowest BCUT2D eigenvalue weighted by Crippen LogP contribution is -2.56. The van der Waals surface area contributed by atoms with Crippen molar-refractivity contribution >= 4 is 29.5 Å². The molecule has 2 aromatic carbocycles. The number of nitrogens with zero attached hydrogens (tertiary/aromatic N) is 3. The maximum absolute atomic E-state index is 14.3. The molecule has 3 amide bonds. The molecule has 2 aromatic rings. The predicted molar refractivity (Wildman–Crippen MR) is 125 cm³/mol. The number of likely N-dealkylation sites (tertiary alicyclic amines) is 1. The van der Waals surface area contributed by atoms with Crippen LogP contribution in [0.2, 0.25) is 5.02 Å². The molecule has 0 aliphatic carbocycles. The second-order valence-electron chi connectivity index (χ2n) is 8.65. The number of rotatable bonds is 7. The molecule has 180 valence electrons. The fraction of sp³-hybridized carbons (Fsp3) is 0.400. The van der Waals surface area contributed by atoms with Crippen molar-refractivity contribution in [3.05, 3.63) is 70.5 Å². The number of piperidine rings is 1. The second kappa shape index (κ2) is 10.1. The zero-order valence-corrected chi connectivity index (χ0v) is 19.8. The number of ether oxygens (including phenoxy) is 1. The van der Waals surface area contributed by atoms with Crippen molar-refractivity contribution in [2.45, 2.75) is 31.3 Å². The Kier molecular flexibility index (Phi) is 7.19. The quantitative estimate of drug-likeness (QED) is 0.441. The van der Waals surface area contributed by atoms with E-state index in [2.05, 4.69) is 0 Å². The van der Waals surface area contributed by atoms with Gasteiger partial charge in [0.05, 0.1) is 7.11 Å². The summed E-state index contributed by atoms with van der Waals surface area (Å²) in [5, 5.41) is 0.362. The number of urea groups is 1. The van der Waals surface area contributed by atoms with Gasteiger partial charge in [-0.3, -0.25) is 19.4 Å². The number of hydrogen-bond donors (Lipinski definition) is 0. The third-order valence-corrected chi connectivity index (χ3v) is 7.08. The van der Waals surface area contributed by atoms with Crippen LogP contribution in [0.5, 0.6) is 0 Å². The molecule has 2 saturated heterocycles. The summed E-state index contributed by atoms with van der Waals surface area (Å²) in [7, 11) is 1.22. The van der Waals surface area contributed by atoms with E-state index in [9.17, 15) is 18.8 Å². The van der Waals surface area contributed by atoms with Crippen LogP contribution in [0.3, 0.4) is 0 Å². The van der Waals surface area contributed by atoms with E-state index in [4.69, 9.17) is 16.3 Å². The number of esters is 1. The summed E-state index contributed by atoms with van der Waals surface area (Å²) >= 11 is 6.19. The summed E-state index contributed by atoms with van der Waals surface area (Å²) in [6.45, 7) is 1.23. The zero-order valence-electron chi connectivity index (χ0n) is 19.0. The highest BCUT2D eigenvalue weighted by atomic mass is 35.5. The number of carbonyl (C=O) groups excluding carboxylic acids is 3. The maximum Gasteiger partial charge on any atom is 0.328 e. The Hall–Kier alpha value is -2.97. The van der Waals surface area contributed by atoms with Crippen molar-refractivity contribution in [1.29, 1.82) is 0 Å². The van der Waals surface area contributed by atoms with Crippen LogP contribution in [-0.2, 0) is 27.3 Å². The van der Waals surface area contributed by atoms with Gasteiger partial charge >= 0.3 is 12.0 Å². The van der Waals surface area contributed by atoms with Gasteiger partial charge in [0.15, 0.2) is 0 Å². The average Bonchev–Trinajstić information content (AvgIpc) is 3.03. The van der Waals surface area contributed by atoms with E-state index in [1.54, 1.807) is 17.0 Å². The van der Waals surface area contributed by atoms with Gasteiger partial charge in [0.25, 0.3) is 5.91 Å². The van der Waals surface area contributed by atoms with Crippen LogP contribution in [-0.4, -0.2) is 71.4 Å². The monoisotopic (exact) mass is 487 g/mol. The van der Waals surface area contributed by atoms with Crippen molar-refractivity contribution in [2.24, 2.45) is 0 Å². The van der Waals surface area contributed by atoms with Crippen LogP contribution in [0.25, 0.3) is 0 Å². The molecular formula is C25H27ClFN3O4. The Labute approximate surface area is 203 Å². The van der Waals surface area contributed by atoms with E-state index in [-0.39, 0.29) is 11.7 Å². The van der Waals surface area contributed by atoms with Gasteiger partial charge < -0.3 is 9.64 Å². The number of methoxy groups -OCH3 is 1. The fourth-order valence-corrected chi connectivity index (χ4v) is 5.01. The van der Waals surface area contributed by atoms with Crippen molar-refractivity contribution < 1.29 is 23.5 Å². The molecular weight excluding hydrogens is 461 g/mol. The van der Waals surface area contributed by atoms with E-state index in [1.807, 2.05) is 35.2 Å². The van der Waals surface area contributed by atoms with Crippen molar-refractivity contribution in [1.82, 2.24) is 14.7 Å². The van der Waals surface area contributed by atoms with Gasteiger partial charge in [-0.05, 0) is 37.0 Å². The molecule has 2 aliphatic rings. The molecule has 4 rings (SSSR count). The third kappa shape index (κ3) is 4.65. The van der Waals surface area contributed by atoms with Crippen LogP contribution in [0.1, 0.15) is 24.0 Å². The Morgan fingerprint density at radius 2 is 1.79 bits per heavy atom. The number of halogens is 2. The molecule has 0 aromatic heterocycles. The molecule has 1 spiro atoms. The maximum atomic E-state index is 14.3. The minimum atomic E-state index is -1.03. The number of hydrogen-bond acceptors (Lipinski definition) is 5. The van der Waals surface area contributed by atoms with Gasteiger partial charge in [-0.25, -0.2) is 9.18 Å². The largest absolute Gasteiger partial charge is 0.468 e. The SMILES string of the molecule is COC(=O)CN1C(=O)N(CCc2ccccc2)C2(CCN(Cc3c(F)cccc3Cl)CC2)C1=O. The van der Waals surface area contributed by atoms with Gasteiger partial charge in [-0.2, -0.15) is 0 Å². The number of imide groups is 1. The van der Waals surface area contributed by atoms with Gasteiger partial charge in [0.1, 0.15) is 17.9 Å². The van der Waals surface area contributed by atoms with Crippen LogP contribution < -0.4 is 0 Å². The van der Waals surface area contributed by atoms with Crippen LogP contribution in [0, 0.1) is 5.82 Å². The Bertz CT molecular complexity index is 1050. The topological polar surface area (TPSA) is 70.2 Å². The minimum absolute atomic E-state index is 0.319. The molecule has 34 heavy (non-hydrogen) atoms. The van der Waals surface area contributed by atoms with E-state index in [0.717, 1.165) is 10.5 Å². The van der Waals surface area contributed by atoms with Gasteiger partial charge in [-0.15, -0.1) is 0 Å². The summed E-state index contributed by atoms with van der Waals surface area (Å²) in [5.74, 6) is -1.39. The van der Waals surface area contributed by atoms with Crippen LogP contribution >= 0.6 is 11.6 Å². The molecule has 2 aliphatic heterocycles. The zero-order chi connectivity index (χ0) is 24.3. The molecule has 0 bridgehead atoms. The first kappa shape index (κ1) is 24.2. The standard InChI is InChI=1S/C25H27ClFN3O4/c1-34-22(31)17-29-23(32)25(30(24(29)33)13-10-18-6-3-2-4-7-18)11-14-28(15-12-25)16-19-20(26)8-5-9-21(19)27/h2-9H,10-17H2,1H3. The number of carbonyl (C=O) groups is 3. The third-order valence-electron chi connectivity index (χ3n) is 6.73. The molecule has 0 saturated carbocycles. The number of benzene rings is 2. The lowest BCUT2D eigenvalue weighted by molar-refractivity contribution is -0.146. The smallest absolute Gasteiger partial charge is 0.328 e. The summed E-state index contributed by atoms with van der Waals surface area (Å²) < 4.78 is 19.0. The molecule has 9 heteroatoms. The first-order valence-electron chi connectivity index (χ1n) is 11.3. The average molecular weight is 488 g/mol. The molecule has 0 atom stereocenters. The Balaban J connectivity index is 1.53. The summed E-state index contributed by atoms with van der Waals surface area (Å²) in [6, 6.07) is 13.8. The lowest BCUT2D eigenvalue weighted by atomic mass is 9.85. The number of amides is 3. The highest BCUT2D eigenvalue weighted by Gasteiger charge is 2.58. The van der Waals surface area contributed by atoms with E-state index in [0.29, 0.717) is 56.0 Å². The van der Waals surface area contributed by atoms with E-state index < -0.39 is 24.1 Å². The highest BCUT2D eigenvalue weighted by Crippen LogP contribution is 2.38. The Morgan fingerprint density at radius 3 is 2.44 bits per heavy atom. The molecule has 7 nitrogen and oxygen atoms in total. The predicted octanol–water partition coefficient (Wildman–Crippen LogP) is 3.49. The normalized spacial score (nSPS) is 18.1. The van der Waals surface area contributed by atoms with Crippen molar-refractivity contribution in [2.75, 3.05) is 33.3 Å². The summed E-state index contributed by atoms with van der Waals surface area (Å²) in [4.78, 5) is 43.3. The minimum Gasteiger partial charge on any atom is -0.468 e. The van der Waals surface area contributed by atoms with Crippen LogP contribution in [0.4, 0.5) is 9.18 Å². The lowest BCUT2D eigenvalue weighted by Gasteiger charge is -2.42. The van der Waals surface area contributed by atoms with E-state index >= 15 is 0 Å². The molecule has 0 N–H and O–H groups in total. The van der Waals surface area contributed by atoms with Crippen LogP contribution in [0.15, 0.2) is 48.5 Å². The van der Waals surface area contributed by atoms with Gasteiger partial charge in [-0.1, -0.05) is 48.0 Å². The second-order valence-corrected chi connectivity index (χ2v) is 9.05. The van der Waals surface area contributed by atoms with E-state index in [1.165, 1.54) is 13.2 Å². The van der Waals surface area contributed by atoms with Crippen molar-refractivity contribution in [3.8, 4) is 0 Å². The highest BCUT2D eigenvalue weighted by molar-refractivity contribution is 6.31. The first-order valence-corrected chi connectivity index (χ1v) is 11.6. The molecule has 2 fully saturated rings. The molecule has 0 unspecified atom stereocenters. The summed E-state index contributed by atoms with van der Waals surface area (Å²) in [6.07, 6.45) is 1.36. The summed E-state index contributed by atoms with van der Waals surface area (Å²) in [5.41, 5.74) is 0.438. The van der Waals surface area contributed by atoms with Gasteiger partial charge in [0.2, 0.25) is 0 Å². The molecule has 2 heterocycles. The Morgan fingerprint density at radius 1 is 1.09 bits per heavy atom. The molecule has 0 radical (unpaired) electrons. The van der Waals surface area contributed by atoms with Gasteiger partial charge in [0, 0.05) is 36.8 Å². The van der Waals surface area contributed by atoms with Crippen molar-refractivity contribution in [3.63, 3.8) is 0 Å².